The number of aromatic nitrogens is 2. The van der Waals surface area contributed by atoms with Crippen LogP contribution in [-0.4, -0.2) is 69.0 Å². The van der Waals surface area contributed by atoms with Crippen LogP contribution >= 0.6 is 0 Å². The lowest BCUT2D eigenvalue weighted by Crippen LogP contribution is -2.48. The van der Waals surface area contributed by atoms with Crippen molar-refractivity contribution >= 4 is 5.91 Å². The Balaban J connectivity index is 1.24. The maximum absolute atomic E-state index is 12.9. The first-order valence-corrected chi connectivity index (χ1v) is 12.3. The maximum atomic E-state index is 12.9. The molecule has 0 radical (unpaired) electrons. The second-order valence-electron chi connectivity index (χ2n) is 9.36. The minimum absolute atomic E-state index is 0.0141. The summed E-state index contributed by atoms with van der Waals surface area (Å²) < 4.78 is 0. The zero-order valence-electron chi connectivity index (χ0n) is 20.5. The van der Waals surface area contributed by atoms with Crippen molar-refractivity contribution in [3.8, 4) is 0 Å². The van der Waals surface area contributed by atoms with E-state index in [4.69, 9.17) is 0 Å². The molecule has 1 unspecified atom stereocenters. The number of pyridine rings is 2. The molecule has 1 aliphatic rings. The Bertz CT molecular complexity index is 1050. The smallest absolute Gasteiger partial charge is 0.272 e. The standard InChI is InChI=1S/C28H35N5O2/c1-21(31-22(2)27(34)24-8-4-3-5-9-24)18-23-11-12-26(30-19-23)28(35)33-16-14-32(15-17-33)20-25-10-6-7-13-29-25/h3-13,19,21-22,27,31,34H,14-18,20H2,1-2H3/t21-,22+,27?/m0/s1. The molecule has 7 heteroatoms. The molecule has 2 aromatic heterocycles. The Labute approximate surface area is 207 Å². The van der Waals surface area contributed by atoms with Crippen LogP contribution in [0.2, 0.25) is 0 Å². The van der Waals surface area contributed by atoms with Crippen molar-refractivity contribution in [2.75, 3.05) is 26.2 Å². The Hall–Kier alpha value is -3.13. The second-order valence-corrected chi connectivity index (χ2v) is 9.36. The van der Waals surface area contributed by atoms with Crippen LogP contribution in [0.15, 0.2) is 73.1 Å². The molecule has 0 bridgehead atoms. The molecule has 1 aromatic carbocycles. The summed E-state index contributed by atoms with van der Waals surface area (Å²) >= 11 is 0. The number of aliphatic hydroxyl groups excluding tert-OH is 1. The third kappa shape index (κ3) is 6.94. The van der Waals surface area contributed by atoms with Crippen LogP contribution in [0.25, 0.3) is 0 Å². The number of nitrogens with one attached hydrogen (secondary N) is 1. The number of hydrogen-bond donors (Lipinski definition) is 2. The minimum atomic E-state index is -0.568. The summed E-state index contributed by atoms with van der Waals surface area (Å²) in [7, 11) is 0. The summed E-state index contributed by atoms with van der Waals surface area (Å²) in [6.45, 7) is 7.94. The van der Waals surface area contributed by atoms with Gasteiger partial charge in [-0.3, -0.25) is 19.7 Å². The molecule has 0 saturated carbocycles. The van der Waals surface area contributed by atoms with Gasteiger partial charge in [-0.2, -0.15) is 0 Å². The zero-order valence-corrected chi connectivity index (χ0v) is 20.5. The summed E-state index contributed by atoms with van der Waals surface area (Å²) in [5.74, 6) is -0.0141. The van der Waals surface area contributed by atoms with E-state index in [0.717, 1.165) is 42.9 Å². The molecular formula is C28H35N5O2. The third-order valence-corrected chi connectivity index (χ3v) is 6.52. The van der Waals surface area contributed by atoms with E-state index in [2.05, 4.69) is 27.1 Å². The normalized spacial score (nSPS) is 17.1. The van der Waals surface area contributed by atoms with Gasteiger partial charge in [-0.15, -0.1) is 0 Å². The van der Waals surface area contributed by atoms with Gasteiger partial charge in [0.25, 0.3) is 5.91 Å². The molecule has 35 heavy (non-hydrogen) atoms. The number of rotatable bonds is 9. The topological polar surface area (TPSA) is 81.6 Å². The summed E-state index contributed by atoms with van der Waals surface area (Å²) in [5, 5.41) is 14.1. The van der Waals surface area contributed by atoms with E-state index in [1.807, 2.05) is 78.7 Å². The van der Waals surface area contributed by atoms with E-state index in [9.17, 15) is 9.90 Å². The summed E-state index contributed by atoms with van der Waals surface area (Å²) in [6, 6.07) is 19.5. The van der Waals surface area contributed by atoms with E-state index in [-0.39, 0.29) is 18.0 Å². The average molecular weight is 474 g/mol. The maximum Gasteiger partial charge on any atom is 0.272 e. The van der Waals surface area contributed by atoms with E-state index in [1.54, 1.807) is 6.20 Å². The highest BCUT2D eigenvalue weighted by atomic mass is 16.3. The highest BCUT2D eigenvalue weighted by Gasteiger charge is 2.23. The predicted octanol–water partition coefficient (Wildman–Crippen LogP) is 3.08. The third-order valence-electron chi connectivity index (χ3n) is 6.52. The van der Waals surface area contributed by atoms with Gasteiger partial charge in [-0.05, 0) is 49.6 Å². The van der Waals surface area contributed by atoms with Crippen LogP contribution in [0, 0.1) is 0 Å². The van der Waals surface area contributed by atoms with E-state index in [1.165, 1.54) is 0 Å². The van der Waals surface area contributed by atoms with Crippen molar-refractivity contribution in [2.45, 2.75) is 45.0 Å². The second kappa shape index (κ2) is 12.0. The van der Waals surface area contributed by atoms with Crippen molar-refractivity contribution in [1.82, 2.24) is 25.1 Å². The molecule has 1 saturated heterocycles. The van der Waals surface area contributed by atoms with Crippen LogP contribution in [0.4, 0.5) is 0 Å². The highest BCUT2D eigenvalue weighted by Crippen LogP contribution is 2.17. The molecule has 1 amide bonds. The van der Waals surface area contributed by atoms with Gasteiger partial charge >= 0.3 is 0 Å². The number of carbonyl (C=O) groups is 1. The van der Waals surface area contributed by atoms with E-state index < -0.39 is 6.10 Å². The lowest BCUT2D eigenvalue weighted by molar-refractivity contribution is 0.0621. The van der Waals surface area contributed by atoms with Crippen LogP contribution in [0.5, 0.6) is 0 Å². The Morgan fingerprint density at radius 3 is 2.37 bits per heavy atom. The molecule has 1 fully saturated rings. The van der Waals surface area contributed by atoms with Gasteiger partial charge in [0.1, 0.15) is 5.69 Å². The molecule has 4 rings (SSSR count). The fourth-order valence-corrected chi connectivity index (χ4v) is 4.55. The molecular weight excluding hydrogens is 438 g/mol. The summed E-state index contributed by atoms with van der Waals surface area (Å²) in [4.78, 5) is 26.0. The molecule has 0 aliphatic carbocycles. The molecule has 3 heterocycles. The average Bonchev–Trinajstić information content (AvgIpc) is 2.90. The number of piperazine rings is 1. The molecule has 1 aliphatic heterocycles. The van der Waals surface area contributed by atoms with Crippen molar-refractivity contribution in [3.63, 3.8) is 0 Å². The van der Waals surface area contributed by atoms with E-state index >= 15 is 0 Å². The first-order valence-electron chi connectivity index (χ1n) is 12.3. The molecule has 0 spiro atoms. The lowest BCUT2D eigenvalue weighted by Gasteiger charge is -2.34. The number of amides is 1. The van der Waals surface area contributed by atoms with Crippen molar-refractivity contribution < 1.29 is 9.90 Å². The largest absolute Gasteiger partial charge is 0.387 e. The highest BCUT2D eigenvalue weighted by molar-refractivity contribution is 5.92. The SMILES string of the molecule is C[C@@H](Cc1ccc(C(=O)N2CCN(Cc3ccccn3)CC2)nc1)N[C@H](C)C(O)c1ccccc1. The fourth-order valence-electron chi connectivity index (χ4n) is 4.55. The van der Waals surface area contributed by atoms with Crippen molar-refractivity contribution in [1.29, 1.82) is 0 Å². The van der Waals surface area contributed by atoms with Crippen LogP contribution in [0.1, 0.15) is 47.3 Å². The van der Waals surface area contributed by atoms with Crippen molar-refractivity contribution in [3.05, 3.63) is 95.6 Å². The van der Waals surface area contributed by atoms with Gasteiger partial charge in [0, 0.05) is 57.2 Å². The van der Waals surface area contributed by atoms with Gasteiger partial charge in [-0.1, -0.05) is 42.5 Å². The summed E-state index contributed by atoms with van der Waals surface area (Å²) in [6.07, 6.45) is 3.80. The van der Waals surface area contributed by atoms with Gasteiger partial charge in [-0.25, -0.2) is 0 Å². The Morgan fingerprint density at radius 2 is 1.71 bits per heavy atom. The lowest BCUT2D eigenvalue weighted by atomic mass is 10.0. The first kappa shape index (κ1) is 25.0. The number of benzene rings is 1. The van der Waals surface area contributed by atoms with Gasteiger partial charge in [0.2, 0.25) is 0 Å². The fraction of sp³-hybridized carbons (Fsp3) is 0.393. The molecule has 2 N–H and O–H groups in total. The molecule has 3 atom stereocenters. The van der Waals surface area contributed by atoms with Crippen molar-refractivity contribution in [2.24, 2.45) is 0 Å². The summed E-state index contributed by atoms with van der Waals surface area (Å²) in [5.41, 5.74) is 3.50. The zero-order chi connectivity index (χ0) is 24.6. The van der Waals surface area contributed by atoms with Crippen LogP contribution in [-0.2, 0) is 13.0 Å². The molecule has 3 aromatic rings. The monoisotopic (exact) mass is 473 g/mol. The van der Waals surface area contributed by atoms with Gasteiger partial charge in [0.05, 0.1) is 11.8 Å². The van der Waals surface area contributed by atoms with Crippen LogP contribution < -0.4 is 5.32 Å². The predicted molar refractivity (Wildman–Crippen MR) is 137 cm³/mol. The Kier molecular flexibility index (Phi) is 8.58. The number of carbonyl (C=O) groups excluding carboxylic acids is 1. The van der Waals surface area contributed by atoms with E-state index in [0.29, 0.717) is 18.8 Å². The Morgan fingerprint density at radius 1 is 0.971 bits per heavy atom. The first-order chi connectivity index (χ1) is 17.0. The number of aliphatic hydroxyl groups is 1. The van der Waals surface area contributed by atoms with Crippen LogP contribution in [0.3, 0.4) is 0 Å². The van der Waals surface area contributed by atoms with Gasteiger partial charge < -0.3 is 15.3 Å². The van der Waals surface area contributed by atoms with Gasteiger partial charge in [0.15, 0.2) is 0 Å². The number of hydrogen-bond acceptors (Lipinski definition) is 6. The quantitative estimate of drug-likeness (QED) is 0.497. The molecule has 7 nitrogen and oxygen atoms in total. The number of nitrogens with zero attached hydrogens (tertiary/aromatic N) is 4. The minimum Gasteiger partial charge on any atom is -0.387 e. The molecule has 184 valence electrons.